The van der Waals surface area contributed by atoms with Gasteiger partial charge in [0, 0.05) is 25.5 Å². The van der Waals surface area contributed by atoms with Gasteiger partial charge in [-0.15, -0.1) is 11.6 Å². The smallest absolute Gasteiger partial charge is 0.0912 e. The second-order valence-corrected chi connectivity index (χ2v) is 4.29. The molecule has 0 saturated carbocycles. The Bertz CT molecular complexity index is 118. The van der Waals surface area contributed by atoms with Gasteiger partial charge in [-0.2, -0.15) is 0 Å². The lowest BCUT2D eigenvalue weighted by molar-refractivity contribution is -0.894. The molecule has 0 aromatic carbocycles. The van der Waals surface area contributed by atoms with Crippen LogP contribution in [0.4, 0.5) is 0 Å². The number of piperazine rings is 1. The molecule has 1 heterocycles. The summed E-state index contributed by atoms with van der Waals surface area (Å²) in [5.41, 5.74) is 0. The van der Waals surface area contributed by atoms with Crippen LogP contribution in [-0.4, -0.2) is 62.1 Å². The van der Waals surface area contributed by atoms with Gasteiger partial charge in [-0.05, 0) is 0 Å². The Morgan fingerprint density at radius 3 is 2.17 bits per heavy atom. The first kappa shape index (κ1) is 12.5. The third-order valence-corrected chi connectivity index (χ3v) is 2.61. The molecular formula is C8H18Cl2N2. The quantitative estimate of drug-likeness (QED) is 0.366. The van der Waals surface area contributed by atoms with E-state index in [1.54, 1.807) is 0 Å². The molecule has 0 aliphatic carbocycles. The van der Waals surface area contributed by atoms with E-state index in [1.807, 2.05) is 0 Å². The van der Waals surface area contributed by atoms with Crippen LogP contribution < -0.4 is 12.4 Å². The highest BCUT2D eigenvalue weighted by molar-refractivity contribution is 6.18. The van der Waals surface area contributed by atoms with Crippen LogP contribution >= 0.6 is 11.6 Å². The summed E-state index contributed by atoms with van der Waals surface area (Å²) in [5.74, 6) is 0.771. The Labute approximate surface area is 86.5 Å². The summed E-state index contributed by atoms with van der Waals surface area (Å²) >= 11 is 5.66. The van der Waals surface area contributed by atoms with Gasteiger partial charge in [0.05, 0.1) is 27.2 Å². The first-order valence-corrected chi connectivity index (χ1v) is 4.78. The zero-order chi connectivity index (χ0) is 8.32. The molecule has 0 N–H and O–H groups in total. The number of halogens is 2. The lowest BCUT2D eigenvalue weighted by atomic mass is 10.3. The average Bonchev–Trinajstić information content (AvgIpc) is 1.94. The Kier molecular flexibility index (Phi) is 5.50. The number of quaternary nitrogens is 1. The lowest BCUT2D eigenvalue weighted by Crippen LogP contribution is -3.00. The van der Waals surface area contributed by atoms with E-state index in [-0.39, 0.29) is 12.4 Å². The number of alkyl halides is 1. The van der Waals surface area contributed by atoms with Crippen molar-refractivity contribution in [2.45, 2.75) is 0 Å². The van der Waals surface area contributed by atoms with E-state index in [2.05, 4.69) is 19.0 Å². The zero-order valence-electron chi connectivity index (χ0n) is 7.89. The van der Waals surface area contributed by atoms with Crippen molar-refractivity contribution in [3.05, 3.63) is 0 Å². The van der Waals surface area contributed by atoms with E-state index >= 15 is 0 Å². The summed E-state index contributed by atoms with van der Waals surface area (Å²) in [4.78, 5) is 2.44. The molecule has 0 amide bonds. The molecule has 0 unspecified atom stereocenters. The summed E-state index contributed by atoms with van der Waals surface area (Å²) in [6.07, 6.45) is 0. The van der Waals surface area contributed by atoms with E-state index in [9.17, 15) is 0 Å². The maximum Gasteiger partial charge on any atom is 0.0912 e. The maximum atomic E-state index is 5.66. The van der Waals surface area contributed by atoms with Crippen LogP contribution in [0.3, 0.4) is 0 Å². The molecule has 0 radical (unpaired) electrons. The molecule has 12 heavy (non-hydrogen) atoms. The van der Waals surface area contributed by atoms with Crippen molar-refractivity contribution in [1.29, 1.82) is 0 Å². The minimum Gasteiger partial charge on any atom is -1.00 e. The first-order chi connectivity index (χ1) is 5.14. The van der Waals surface area contributed by atoms with E-state index < -0.39 is 0 Å². The van der Waals surface area contributed by atoms with Crippen molar-refractivity contribution in [2.75, 3.05) is 52.7 Å². The fourth-order valence-electron chi connectivity index (χ4n) is 1.39. The molecule has 2 nitrogen and oxygen atoms in total. The fourth-order valence-corrected chi connectivity index (χ4v) is 1.63. The molecule has 1 aliphatic rings. The SMILES string of the molecule is C[N+]1(C)CCN(CCCl)CC1.[Cl-]. The Hall–Kier alpha value is 0.500. The Morgan fingerprint density at radius 1 is 1.25 bits per heavy atom. The van der Waals surface area contributed by atoms with Gasteiger partial charge in [0.2, 0.25) is 0 Å². The monoisotopic (exact) mass is 212 g/mol. The standard InChI is InChI=1S/C8H18ClN2.ClH/c1-11(2)7-5-10(4-3-9)6-8-11;/h3-8H2,1-2H3;1H/q+1;/p-1. The molecule has 0 aromatic rings. The van der Waals surface area contributed by atoms with E-state index in [1.165, 1.54) is 30.7 Å². The van der Waals surface area contributed by atoms with Crippen LogP contribution in [-0.2, 0) is 0 Å². The van der Waals surface area contributed by atoms with Crippen molar-refractivity contribution in [3.8, 4) is 0 Å². The van der Waals surface area contributed by atoms with Crippen LogP contribution in [0.2, 0.25) is 0 Å². The number of hydrogen-bond donors (Lipinski definition) is 0. The number of likely N-dealkylation sites (N-methyl/N-ethyl adjacent to an activating group) is 1. The molecule has 0 aromatic heterocycles. The fraction of sp³-hybridized carbons (Fsp3) is 1.00. The summed E-state index contributed by atoms with van der Waals surface area (Å²) in [7, 11) is 4.58. The average molecular weight is 213 g/mol. The van der Waals surface area contributed by atoms with Gasteiger partial charge >= 0.3 is 0 Å². The van der Waals surface area contributed by atoms with Crippen molar-refractivity contribution >= 4 is 11.6 Å². The maximum absolute atomic E-state index is 5.66. The molecular weight excluding hydrogens is 195 g/mol. The number of hydrogen-bond acceptors (Lipinski definition) is 1. The molecule has 0 spiro atoms. The van der Waals surface area contributed by atoms with Crippen molar-refractivity contribution in [3.63, 3.8) is 0 Å². The van der Waals surface area contributed by atoms with Crippen molar-refractivity contribution in [2.24, 2.45) is 0 Å². The minimum absolute atomic E-state index is 0. The summed E-state index contributed by atoms with van der Waals surface area (Å²) in [6, 6.07) is 0. The second kappa shape index (κ2) is 5.28. The summed E-state index contributed by atoms with van der Waals surface area (Å²) in [6.45, 7) is 5.99. The van der Waals surface area contributed by atoms with E-state index in [0.29, 0.717) is 0 Å². The normalized spacial score (nSPS) is 23.2. The highest BCUT2D eigenvalue weighted by Gasteiger charge is 2.23. The molecule has 1 aliphatic heterocycles. The van der Waals surface area contributed by atoms with Gasteiger partial charge in [0.15, 0.2) is 0 Å². The topological polar surface area (TPSA) is 3.24 Å². The molecule has 1 fully saturated rings. The van der Waals surface area contributed by atoms with Crippen molar-refractivity contribution in [1.82, 2.24) is 4.90 Å². The second-order valence-electron chi connectivity index (χ2n) is 3.91. The van der Waals surface area contributed by atoms with Gasteiger partial charge in [-0.1, -0.05) is 0 Å². The van der Waals surface area contributed by atoms with E-state index in [4.69, 9.17) is 11.6 Å². The van der Waals surface area contributed by atoms with Gasteiger partial charge < -0.3 is 16.9 Å². The molecule has 0 bridgehead atoms. The van der Waals surface area contributed by atoms with Crippen LogP contribution in [0, 0.1) is 0 Å². The molecule has 1 rings (SSSR count). The molecule has 4 heteroatoms. The highest BCUT2D eigenvalue weighted by atomic mass is 35.5. The van der Waals surface area contributed by atoms with Gasteiger partial charge in [0.1, 0.15) is 0 Å². The largest absolute Gasteiger partial charge is 1.00 e. The van der Waals surface area contributed by atoms with Crippen molar-refractivity contribution < 1.29 is 16.9 Å². The Morgan fingerprint density at radius 2 is 1.75 bits per heavy atom. The van der Waals surface area contributed by atoms with Crippen LogP contribution in [0.1, 0.15) is 0 Å². The lowest BCUT2D eigenvalue weighted by Gasteiger charge is -2.38. The predicted molar refractivity (Wildman–Crippen MR) is 49.0 cm³/mol. The highest BCUT2D eigenvalue weighted by Crippen LogP contribution is 2.05. The van der Waals surface area contributed by atoms with Gasteiger partial charge in [-0.3, -0.25) is 4.90 Å². The van der Waals surface area contributed by atoms with Crippen LogP contribution in [0.5, 0.6) is 0 Å². The van der Waals surface area contributed by atoms with Crippen LogP contribution in [0.15, 0.2) is 0 Å². The first-order valence-electron chi connectivity index (χ1n) is 4.24. The number of rotatable bonds is 2. The molecule has 1 saturated heterocycles. The molecule has 74 valence electrons. The van der Waals surface area contributed by atoms with Crippen LogP contribution in [0.25, 0.3) is 0 Å². The Balaban J connectivity index is 0.00000121. The molecule has 0 atom stereocenters. The predicted octanol–water partition coefficient (Wildman–Crippen LogP) is -2.38. The zero-order valence-corrected chi connectivity index (χ0v) is 9.40. The van der Waals surface area contributed by atoms with Gasteiger partial charge in [-0.25, -0.2) is 0 Å². The summed E-state index contributed by atoms with van der Waals surface area (Å²) < 4.78 is 1.17. The summed E-state index contributed by atoms with van der Waals surface area (Å²) in [5, 5.41) is 0. The number of nitrogens with zero attached hydrogens (tertiary/aromatic N) is 2. The van der Waals surface area contributed by atoms with E-state index in [0.717, 1.165) is 12.4 Å². The minimum atomic E-state index is 0. The third kappa shape index (κ3) is 3.94. The third-order valence-electron chi connectivity index (χ3n) is 2.44. The van der Waals surface area contributed by atoms with Gasteiger partial charge in [0.25, 0.3) is 0 Å².